The first-order chi connectivity index (χ1) is 7.36. The molecule has 0 aliphatic rings. The lowest BCUT2D eigenvalue weighted by Gasteiger charge is -2.02. The number of amides is 1. The summed E-state index contributed by atoms with van der Waals surface area (Å²) in [4.78, 5) is 19.3. The van der Waals surface area contributed by atoms with Gasteiger partial charge in [0.05, 0.1) is 0 Å². The molecule has 0 atom stereocenters. The molecule has 2 aromatic rings. The molecular weight excluding hydrogens is 190 g/mol. The fraction of sp³-hybridized carbons (Fsp3) is 0. The van der Waals surface area contributed by atoms with E-state index in [9.17, 15) is 4.79 Å². The van der Waals surface area contributed by atoms with Gasteiger partial charge in [-0.2, -0.15) is 0 Å². The summed E-state index contributed by atoms with van der Waals surface area (Å²) in [5, 5.41) is 2.67. The molecule has 0 bridgehead atoms. The maximum Gasteiger partial charge on any atom is 0.256 e. The van der Waals surface area contributed by atoms with Crippen LogP contribution >= 0.6 is 0 Å². The molecule has 0 unspecified atom stereocenters. The monoisotopic (exact) mass is 199 g/mol. The molecule has 2 rings (SSSR count). The molecule has 0 saturated carbocycles. The van der Waals surface area contributed by atoms with Crippen molar-refractivity contribution in [2.75, 3.05) is 5.32 Å². The zero-order valence-corrected chi connectivity index (χ0v) is 7.92. The molecule has 15 heavy (non-hydrogen) atoms. The number of carbonyl (C=O) groups excluding carboxylic acids is 1. The maximum atomic E-state index is 11.6. The molecule has 1 aromatic heterocycles. The summed E-state index contributed by atoms with van der Waals surface area (Å²) in [6, 6.07) is 10.6. The lowest BCUT2D eigenvalue weighted by molar-refractivity contribution is 0.102. The van der Waals surface area contributed by atoms with Gasteiger partial charge >= 0.3 is 0 Å². The van der Waals surface area contributed by atoms with E-state index in [2.05, 4.69) is 15.3 Å². The molecule has 0 aliphatic heterocycles. The van der Waals surface area contributed by atoms with Gasteiger partial charge in [-0.05, 0) is 18.2 Å². The number of nitrogens with one attached hydrogen (secondary N) is 1. The van der Waals surface area contributed by atoms with E-state index >= 15 is 0 Å². The van der Waals surface area contributed by atoms with Crippen molar-refractivity contribution >= 4 is 11.7 Å². The Morgan fingerprint density at radius 2 is 1.93 bits per heavy atom. The average molecular weight is 199 g/mol. The molecule has 0 saturated heterocycles. The van der Waals surface area contributed by atoms with Crippen molar-refractivity contribution in [3.05, 3.63) is 54.5 Å². The third-order valence-corrected chi connectivity index (χ3v) is 1.86. The topological polar surface area (TPSA) is 54.9 Å². The van der Waals surface area contributed by atoms with Crippen molar-refractivity contribution < 1.29 is 4.79 Å². The van der Waals surface area contributed by atoms with Gasteiger partial charge in [0.25, 0.3) is 5.91 Å². The van der Waals surface area contributed by atoms with Crippen LogP contribution in [0.15, 0.2) is 48.9 Å². The summed E-state index contributed by atoms with van der Waals surface area (Å²) in [6.07, 6.45) is 2.97. The van der Waals surface area contributed by atoms with E-state index in [0.29, 0.717) is 11.4 Å². The van der Waals surface area contributed by atoms with Gasteiger partial charge in [0, 0.05) is 11.8 Å². The highest BCUT2D eigenvalue weighted by Crippen LogP contribution is 2.04. The molecule has 4 heteroatoms. The van der Waals surface area contributed by atoms with Crippen LogP contribution in [0.5, 0.6) is 0 Å². The SMILES string of the molecule is O=C(Nc1ccncn1)c1ccccc1. The number of nitrogens with zero attached hydrogens (tertiary/aromatic N) is 2. The molecule has 0 fully saturated rings. The molecule has 0 radical (unpaired) electrons. The number of hydrogen-bond donors (Lipinski definition) is 1. The van der Waals surface area contributed by atoms with Gasteiger partial charge in [0.1, 0.15) is 12.1 Å². The minimum absolute atomic E-state index is 0.172. The number of benzene rings is 1. The highest BCUT2D eigenvalue weighted by Gasteiger charge is 2.04. The standard InChI is InChI=1S/C11H9N3O/c15-11(9-4-2-1-3-5-9)14-10-6-7-12-8-13-10/h1-8H,(H,12,13,14,15). The van der Waals surface area contributed by atoms with Crippen LogP contribution in [0, 0.1) is 0 Å². The Morgan fingerprint density at radius 3 is 2.60 bits per heavy atom. The van der Waals surface area contributed by atoms with Gasteiger partial charge < -0.3 is 5.32 Å². The fourth-order valence-corrected chi connectivity index (χ4v) is 1.14. The number of rotatable bonds is 2. The summed E-state index contributed by atoms with van der Waals surface area (Å²) in [5.74, 6) is 0.327. The second-order valence-electron chi connectivity index (χ2n) is 2.91. The van der Waals surface area contributed by atoms with E-state index < -0.39 is 0 Å². The molecule has 1 N–H and O–H groups in total. The fourth-order valence-electron chi connectivity index (χ4n) is 1.14. The van der Waals surface area contributed by atoms with Crippen molar-refractivity contribution in [2.24, 2.45) is 0 Å². The first-order valence-electron chi connectivity index (χ1n) is 4.49. The van der Waals surface area contributed by atoms with Gasteiger partial charge in [-0.3, -0.25) is 4.79 Å². The number of carbonyl (C=O) groups is 1. The summed E-state index contributed by atoms with van der Waals surface area (Å²) >= 11 is 0. The Bertz CT molecular complexity index is 442. The normalized spacial score (nSPS) is 9.60. The Labute approximate surface area is 87.0 Å². The molecule has 4 nitrogen and oxygen atoms in total. The lowest BCUT2D eigenvalue weighted by Crippen LogP contribution is -2.12. The highest BCUT2D eigenvalue weighted by atomic mass is 16.1. The molecule has 1 aromatic carbocycles. The average Bonchev–Trinajstić information content (AvgIpc) is 2.31. The van der Waals surface area contributed by atoms with E-state index in [4.69, 9.17) is 0 Å². The Morgan fingerprint density at radius 1 is 1.13 bits per heavy atom. The minimum Gasteiger partial charge on any atom is -0.306 e. The largest absolute Gasteiger partial charge is 0.306 e. The van der Waals surface area contributed by atoms with Crippen molar-refractivity contribution in [3.63, 3.8) is 0 Å². The van der Waals surface area contributed by atoms with Gasteiger partial charge in [0.2, 0.25) is 0 Å². The Hall–Kier alpha value is -2.23. The van der Waals surface area contributed by atoms with Crippen LogP contribution in [-0.4, -0.2) is 15.9 Å². The predicted molar refractivity (Wildman–Crippen MR) is 56.4 cm³/mol. The van der Waals surface area contributed by atoms with Crippen LogP contribution in [0.2, 0.25) is 0 Å². The van der Waals surface area contributed by atoms with E-state index in [0.717, 1.165) is 0 Å². The van der Waals surface area contributed by atoms with E-state index in [-0.39, 0.29) is 5.91 Å². The van der Waals surface area contributed by atoms with Crippen molar-refractivity contribution in [1.82, 2.24) is 9.97 Å². The Kier molecular flexibility index (Phi) is 2.69. The minimum atomic E-state index is -0.172. The molecule has 74 valence electrons. The zero-order chi connectivity index (χ0) is 10.5. The van der Waals surface area contributed by atoms with Crippen LogP contribution in [-0.2, 0) is 0 Å². The first kappa shape index (κ1) is 9.33. The summed E-state index contributed by atoms with van der Waals surface area (Å²) in [7, 11) is 0. The summed E-state index contributed by atoms with van der Waals surface area (Å²) < 4.78 is 0. The number of hydrogen-bond acceptors (Lipinski definition) is 3. The highest BCUT2D eigenvalue weighted by molar-refractivity contribution is 6.03. The van der Waals surface area contributed by atoms with Crippen molar-refractivity contribution in [1.29, 1.82) is 0 Å². The van der Waals surface area contributed by atoms with Gasteiger partial charge in [-0.1, -0.05) is 18.2 Å². The van der Waals surface area contributed by atoms with Crippen LogP contribution in [0.4, 0.5) is 5.82 Å². The summed E-state index contributed by atoms with van der Waals surface area (Å²) in [5.41, 5.74) is 0.608. The third-order valence-electron chi connectivity index (χ3n) is 1.86. The summed E-state index contributed by atoms with van der Waals surface area (Å²) in [6.45, 7) is 0. The van der Waals surface area contributed by atoms with Crippen LogP contribution < -0.4 is 5.32 Å². The molecule has 0 spiro atoms. The van der Waals surface area contributed by atoms with Crippen LogP contribution in [0.3, 0.4) is 0 Å². The maximum absolute atomic E-state index is 11.6. The molecule has 1 heterocycles. The predicted octanol–water partition coefficient (Wildman–Crippen LogP) is 1.73. The molecular formula is C11H9N3O. The van der Waals surface area contributed by atoms with Crippen LogP contribution in [0.1, 0.15) is 10.4 Å². The van der Waals surface area contributed by atoms with E-state index in [1.54, 1.807) is 24.4 Å². The zero-order valence-electron chi connectivity index (χ0n) is 7.92. The van der Waals surface area contributed by atoms with Gasteiger partial charge in [-0.25, -0.2) is 9.97 Å². The van der Waals surface area contributed by atoms with Gasteiger partial charge in [0.15, 0.2) is 0 Å². The quantitative estimate of drug-likeness (QED) is 0.801. The van der Waals surface area contributed by atoms with Crippen molar-refractivity contribution in [3.8, 4) is 0 Å². The second-order valence-corrected chi connectivity index (χ2v) is 2.91. The van der Waals surface area contributed by atoms with Gasteiger partial charge in [-0.15, -0.1) is 0 Å². The third kappa shape index (κ3) is 2.37. The number of aromatic nitrogens is 2. The Balaban J connectivity index is 2.12. The van der Waals surface area contributed by atoms with Crippen LogP contribution in [0.25, 0.3) is 0 Å². The van der Waals surface area contributed by atoms with E-state index in [1.165, 1.54) is 6.33 Å². The van der Waals surface area contributed by atoms with E-state index in [1.807, 2.05) is 18.2 Å². The first-order valence-corrected chi connectivity index (χ1v) is 4.49. The lowest BCUT2D eigenvalue weighted by atomic mass is 10.2. The van der Waals surface area contributed by atoms with Crippen molar-refractivity contribution in [2.45, 2.75) is 0 Å². The second kappa shape index (κ2) is 4.32. The molecule has 0 aliphatic carbocycles. The number of anilines is 1. The molecule has 1 amide bonds. The smallest absolute Gasteiger partial charge is 0.256 e.